The van der Waals surface area contributed by atoms with Crippen molar-refractivity contribution < 1.29 is 22.7 Å². The minimum atomic E-state index is -4.46. The lowest BCUT2D eigenvalue weighted by Gasteiger charge is -2.09. The van der Waals surface area contributed by atoms with Gasteiger partial charge >= 0.3 is 6.18 Å². The number of carbonyl (C=O) groups is 1. The van der Waals surface area contributed by atoms with Gasteiger partial charge in [0.2, 0.25) is 5.78 Å². The highest BCUT2D eigenvalue weighted by molar-refractivity contribution is 6.24. The van der Waals surface area contributed by atoms with Crippen LogP contribution in [-0.2, 0) is 15.7 Å². The fraction of sp³-hybridized carbons (Fsp3) is 0.400. The van der Waals surface area contributed by atoms with Gasteiger partial charge in [0, 0.05) is 0 Å². The zero-order chi connectivity index (χ0) is 15.6. The lowest BCUT2D eigenvalue weighted by Crippen LogP contribution is -2.18. The Labute approximate surface area is 120 Å². The molecule has 0 saturated heterocycles. The fourth-order valence-corrected chi connectivity index (χ4v) is 2.26. The van der Waals surface area contributed by atoms with Crippen LogP contribution in [0.2, 0.25) is 0 Å². The summed E-state index contributed by atoms with van der Waals surface area (Å²) >= 11 is 0. The molecule has 6 heteroatoms. The van der Waals surface area contributed by atoms with Crippen molar-refractivity contribution in [2.75, 3.05) is 0 Å². The molecule has 2 rings (SSSR count). The number of hydrogen-bond acceptors (Lipinski definition) is 3. The fourth-order valence-electron chi connectivity index (χ4n) is 2.26. The quantitative estimate of drug-likeness (QED) is 0.926. The first kappa shape index (κ1) is 15.4. The van der Waals surface area contributed by atoms with Crippen molar-refractivity contribution in [3.63, 3.8) is 0 Å². The molecule has 1 aromatic carbocycles. The topological polar surface area (TPSA) is 52.3 Å². The van der Waals surface area contributed by atoms with Crippen LogP contribution in [-0.4, -0.2) is 11.9 Å². The van der Waals surface area contributed by atoms with Gasteiger partial charge in [0.05, 0.1) is 11.1 Å². The number of ketones is 1. The lowest BCUT2D eigenvalue weighted by atomic mass is 9.97. The highest BCUT2D eigenvalue weighted by atomic mass is 19.4. The van der Waals surface area contributed by atoms with Gasteiger partial charge in [0.25, 0.3) is 0 Å². The Hall–Kier alpha value is -1.98. The standard InChI is InChI=1S/C15H16F3NO2/c1-2-3-7-11-13(20)12(14(19)21-11)9-5-4-6-10(8-9)15(16,17)18/h4-6,8,11H,2-3,7,19H2,1H3. The first-order valence-corrected chi connectivity index (χ1v) is 6.72. The smallest absolute Gasteiger partial charge is 0.416 e. The first-order chi connectivity index (χ1) is 9.84. The summed E-state index contributed by atoms with van der Waals surface area (Å²) in [6, 6.07) is 4.56. The molecule has 0 radical (unpaired) electrons. The molecule has 0 spiro atoms. The van der Waals surface area contributed by atoms with Crippen LogP contribution in [0.1, 0.15) is 37.3 Å². The van der Waals surface area contributed by atoms with Crippen LogP contribution in [0.5, 0.6) is 0 Å². The molecule has 1 aliphatic rings. The number of rotatable bonds is 4. The van der Waals surface area contributed by atoms with Crippen molar-refractivity contribution >= 4 is 11.4 Å². The maximum Gasteiger partial charge on any atom is 0.416 e. The van der Waals surface area contributed by atoms with Crippen LogP contribution >= 0.6 is 0 Å². The van der Waals surface area contributed by atoms with E-state index in [1.807, 2.05) is 6.92 Å². The molecule has 1 atom stereocenters. The van der Waals surface area contributed by atoms with Crippen LogP contribution in [0.25, 0.3) is 5.57 Å². The van der Waals surface area contributed by atoms with Crippen LogP contribution in [0.4, 0.5) is 13.2 Å². The molecule has 1 heterocycles. The summed E-state index contributed by atoms with van der Waals surface area (Å²) in [5, 5.41) is 0. The van der Waals surface area contributed by atoms with E-state index in [4.69, 9.17) is 10.5 Å². The molecule has 1 aliphatic heterocycles. The zero-order valence-corrected chi connectivity index (χ0v) is 11.5. The van der Waals surface area contributed by atoms with E-state index in [1.165, 1.54) is 12.1 Å². The van der Waals surface area contributed by atoms with Gasteiger partial charge in [-0.3, -0.25) is 4.79 Å². The van der Waals surface area contributed by atoms with Crippen LogP contribution in [0.15, 0.2) is 30.1 Å². The summed E-state index contributed by atoms with van der Waals surface area (Å²) in [6.45, 7) is 1.98. The van der Waals surface area contributed by atoms with Crippen molar-refractivity contribution in [2.45, 2.75) is 38.5 Å². The third-order valence-corrected chi connectivity index (χ3v) is 3.35. The minimum absolute atomic E-state index is 0.0437. The first-order valence-electron chi connectivity index (χ1n) is 6.72. The Morgan fingerprint density at radius 1 is 1.33 bits per heavy atom. The number of hydrogen-bond donors (Lipinski definition) is 1. The third kappa shape index (κ3) is 3.20. The van der Waals surface area contributed by atoms with E-state index < -0.39 is 17.8 Å². The normalized spacial score (nSPS) is 19.0. The van der Waals surface area contributed by atoms with Gasteiger partial charge in [-0.05, 0) is 30.5 Å². The van der Waals surface area contributed by atoms with E-state index in [0.29, 0.717) is 6.42 Å². The minimum Gasteiger partial charge on any atom is -0.467 e. The second-order valence-corrected chi connectivity index (χ2v) is 4.93. The summed E-state index contributed by atoms with van der Waals surface area (Å²) in [6.07, 6.45) is -2.95. The maximum atomic E-state index is 12.7. The van der Waals surface area contributed by atoms with Gasteiger partial charge in [-0.1, -0.05) is 25.5 Å². The molecule has 0 saturated carbocycles. The molecular weight excluding hydrogens is 283 g/mol. The second-order valence-electron chi connectivity index (χ2n) is 4.93. The monoisotopic (exact) mass is 299 g/mol. The summed E-state index contributed by atoms with van der Waals surface area (Å²) in [5.74, 6) is -0.444. The SMILES string of the molecule is CCCCC1OC(N)=C(c2cccc(C(F)(F)F)c2)C1=O. The molecule has 0 fully saturated rings. The molecule has 3 nitrogen and oxygen atoms in total. The number of unbranched alkanes of at least 4 members (excludes halogenated alkanes) is 1. The second kappa shape index (κ2) is 5.79. The Balaban J connectivity index is 2.30. The maximum absolute atomic E-state index is 12.7. The summed E-state index contributed by atoms with van der Waals surface area (Å²) in [7, 11) is 0. The molecule has 0 bridgehead atoms. The highest BCUT2D eigenvalue weighted by Crippen LogP contribution is 2.34. The number of carbonyl (C=O) groups excluding carboxylic acids is 1. The Bertz CT molecular complexity index is 579. The van der Waals surface area contributed by atoms with E-state index in [9.17, 15) is 18.0 Å². The van der Waals surface area contributed by atoms with Crippen molar-refractivity contribution in [1.29, 1.82) is 0 Å². The van der Waals surface area contributed by atoms with E-state index in [1.54, 1.807) is 0 Å². The number of Topliss-reactive ketones (excluding diaryl/α,β-unsaturated/α-hetero) is 1. The summed E-state index contributed by atoms with van der Waals surface area (Å²) in [5.41, 5.74) is 5.05. The Morgan fingerprint density at radius 2 is 2.05 bits per heavy atom. The van der Waals surface area contributed by atoms with Crippen molar-refractivity contribution in [1.82, 2.24) is 0 Å². The van der Waals surface area contributed by atoms with Crippen molar-refractivity contribution in [2.24, 2.45) is 5.73 Å². The molecule has 0 amide bonds. The average molecular weight is 299 g/mol. The van der Waals surface area contributed by atoms with E-state index in [0.717, 1.165) is 25.0 Å². The van der Waals surface area contributed by atoms with Crippen LogP contribution in [0, 0.1) is 0 Å². The average Bonchev–Trinajstić information content (AvgIpc) is 2.70. The Morgan fingerprint density at radius 3 is 2.67 bits per heavy atom. The van der Waals surface area contributed by atoms with Gasteiger partial charge in [0.15, 0.2) is 12.0 Å². The number of nitrogens with two attached hydrogens (primary N) is 1. The third-order valence-electron chi connectivity index (χ3n) is 3.35. The molecule has 1 unspecified atom stereocenters. The number of benzene rings is 1. The van der Waals surface area contributed by atoms with Crippen molar-refractivity contribution in [3.05, 3.63) is 41.3 Å². The number of alkyl halides is 3. The molecule has 0 aliphatic carbocycles. The summed E-state index contributed by atoms with van der Waals surface area (Å²) < 4.78 is 43.5. The van der Waals surface area contributed by atoms with Gasteiger partial charge in [0.1, 0.15) is 0 Å². The van der Waals surface area contributed by atoms with Gasteiger partial charge in [-0.25, -0.2) is 0 Å². The predicted octanol–water partition coefficient (Wildman–Crippen LogP) is 3.49. The zero-order valence-electron chi connectivity index (χ0n) is 11.5. The predicted molar refractivity (Wildman–Crippen MR) is 72.0 cm³/mol. The molecule has 1 aromatic rings. The van der Waals surface area contributed by atoms with Crippen LogP contribution < -0.4 is 5.73 Å². The van der Waals surface area contributed by atoms with Gasteiger partial charge in [-0.2, -0.15) is 13.2 Å². The molecule has 2 N–H and O–H groups in total. The van der Waals surface area contributed by atoms with E-state index >= 15 is 0 Å². The molecular formula is C15H16F3NO2. The lowest BCUT2D eigenvalue weighted by molar-refractivity contribution is -0.137. The molecule has 0 aromatic heterocycles. The van der Waals surface area contributed by atoms with Crippen molar-refractivity contribution in [3.8, 4) is 0 Å². The summed E-state index contributed by atoms with van der Waals surface area (Å²) in [4.78, 5) is 12.2. The molecule has 21 heavy (non-hydrogen) atoms. The van der Waals surface area contributed by atoms with E-state index in [2.05, 4.69) is 0 Å². The highest BCUT2D eigenvalue weighted by Gasteiger charge is 2.36. The number of ether oxygens (including phenoxy) is 1. The van der Waals surface area contributed by atoms with E-state index in [-0.39, 0.29) is 22.8 Å². The molecule has 114 valence electrons. The van der Waals surface area contributed by atoms with Gasteiger partial charge < -0.3 is 10.5 Å². The largest absolute Gasteiger partial charge is 0.467 e. The van der Waals surface area contributed by atoms with Gasteiger partial charge in [-0.15, -0.1) is 0 Å². The Kier molecular flexibility index (Phi) is 4.25. The number of halogens is 3. The van der Waals surface area contributed by atoms with Crippen LogP contribution in [0.3, 0.4) is 0 Å².